The van der Waals surface area contributed by atoms with Gasteiger partial charge in [-0.25, -0.2) is 0 Å². The fourth-order valence-corrected chi connectivity index (χ4v) is 4.37. The lowest BCUT2D eigenvalue weighted by Crippen LogP contribution is -2.06. The van der Waals surface area contributed by atoms with Gasteiger partial charge in [-0.1, -0.05) is 6.92 Å². The normalized spacial score (nSPS) is 14.4. The summed E-state index contributed by atoms with van der Waals surface area (Å²) in [5.74, 6) is 0.476. The van der Waals surface area contributed by atoms with E-state index in [0.29, 0.717) is 19.0 Å². The van der Waals surface area contributed by atoms with Crippen LogP contribution in [0, 0.1) is 0 Å². The van der Waals surface area contributed by atoms with Gasteiger partial charge in [0.1, 0.15) is 5.49 Å². The Hall–Kier alpha value is 0.300. The fourth-order valence-electron chi connectivity index (χ4n) is 0.773. The molecule has 80 valence electrons. The molecule has 13 heavy (non-hydrogen) atoms. The molecule has 0 aliphatic carbocycles. The molecule has 0 aromatic heterocycles. The van der Waals surface area contributed by atoms with Crippen molar-refractivity contribution in [3.63, 3.8) is 0 Å². The van der Waals surface area contributed by atoms with E-state index in [4.69, 9.17) is 9.05 Å². The number of rotatable bonds is 7. The molecule has 0 aromatic rings. The van der Waals surface area contributed by atoms with Gasteiger partial charge in [0.2, 0.25) is 0 Å². The highest BCUT2D eigenvalue weighted by atomic mass is 32.2. The van der Waals surface area contributed by atoms with Gasteiger partial charge in [-0.05, 0) is 13.8 Å². The molecule has 0 rings (SSSR count). The summed E-state index contributed by atoms with van der Waals surface area (Å²) in [7, 11) is -4.20. The summed E-state index contributed by atoms with van der Waals surface area (Å²) < 4.78 is 32.9. The van der Waals surface area contributed by atoms with E-state index in [1.54, 1.807) is 20.8 Å². The quantitative estimate of drug-likeness (QED) is 0.625. The maximum atomic E-state index is 11.7. The molecule has 0 N–H and O–H groups in total. The monoisotopic (exact) mass is 228 g/mol. The highest BCUT2D eigenvalue weighted by Gasteiger charge is 2.25. The van der Waals surface area contributed by atoms with Crippen LogP contribution in [0.4, 0.5) is 0 Å². The molecular formula is C7H17O4PS. The molecule has 0 aliphatic rings. The SMILES string of the molecule is CCOP(=O)(CS(=O)CC)OCC. The summed E-state index contributed by atoms with van der Waals surface area (Å²) in [6.45, 7) is 5.88. The van der Waals surface area contributed by atoms with Gasteiger partial charge in [0, 0.05) is 16.6 Å². The van der Waals surface area contributed by atoms with Gasteiger partial charge in [-0.15, -0.1) is 0 Å². The zero-order valence-corrected chi connectivity index (χ0v) is 10.0. The van der Waals surface area contributed by atoms with Gasteiger partial charge in [0.15, 0.2) is 0 Å². The van der Waals surface area contributed by atoms with Gasteiger partial charge in [0.25, 0.3) is 0 Å². The van der Waals surface area contributed by atoms with Gasteiger partial charge in [-0.3, -0.25) is 8.77 Å². The topological polar surface area (TPSA) is 52.6 Å². The summed E-state index contributed by atoms with van der Waals surface area (Å²) in [5, 5.41) is 0. The Labute approximate surface area is 82.0 Å². The van der Waals surface area contributed by atoms with Gasteiger partial charge < -0.3 is 9.05 Å². The molecule has 0 radical (unpaired) electrons. The van der Waals surface area contributed by atoms with Crippen molar-refractivity contribution in [3.05, 3.63) is 0 Å². The van der Waals surface area contributed by atoms with Crippen LogP contribution in [0.2, 0.25) is 0 Å². The van der Waals surface area contributed by atoms with Crippen LogP contribution in [-0.2, 0) is 24.4 Å². The lowest BCUT2D eigenvalue weighted by atomic mass is 10.9. The smallest absolute Gasteiger partial charge is 0.308 e. The summed E-state index contributed by atoms with van der Waals surface area (Å²) >= 11 is 0. The third-order valence-corrected chi connectivity index (χ3v) is 5.64. The molecule has 0 fully saturated rings. The fraction of sp³-hybridized carbons (Fsp3) is 1.00. The minimum absolute atomic E-state index is 0.00514. The van der Waals surface area contributed by atoms with E-state index in [1.807, 2.05) is 0 Å². The summed E-state index contributed by atoms with van der Waals surface area (Å²) in [5.41, 5.74) is 0.00514. The van der Waals surface area contributed by atoms with E-state index >= 15 is 0 Å². The van der Waals surface area contributed by atoms with Crippen molar-refractivity contribution in [2.24, 2.45) is 0 Å². The predicted molar refractivity (Wildman–Crippen MR) is 54.4 cm³/mol. The Balaban J connectivity index is 4.23. The molecule has 0 amide bonds. The Morgan fingerprint density at radius 2 is 1.62 bits per heavy atom. The molecule has 0 heterocycles. The molecular weight excluding hydrogens is 211 g/mol. The second-order valence-electron chi connectivity index (χ2n) is 2.30. The van der Waals surface area contributed by atoms with Gasteiger partial charge >= 0.3 is 7.60 Å². The number of hydrogen-bond acceptors (Lipinski definition) is 4. The van der Waals surface area contributed by atoms with E-state index in [0.717, 1.165) is 0 Å². The van der Waals surface area contributed by atoms with Crippen LogP contribution in [0.25, 0.3) is 0 Å². The maximum Gasteiger partial charge on any atom is 0.343 e. The first-order valence-corrected chi connectivity index (χ1v) is 7.52. The summed E-state index contributed by atoms with van der Waals surface area (Å²) in [6.07, 6.45) is 0. The highest BCUT2D eigenvalue weighted by Crippen LogP contribution is 2.48. The second-order valence-corrected chi connectivity index (χ2v) is 6.53. The van der Waals surface area contributed by atoms with E-state index in [2.05, 4.69) is 0 Å². The number of hydrogen-bond donors (Lipinski definition) is 0. The van der Waals surface area contributed by atoms with E-state index in [1.165, 1.54) is 0 Å². The van der Waals surface area contributed by atoms with Crippen LogP contribution < -0.4 is 0 Å². The van der Waals surface area contributed by atoms with Crippen LogP contribution in [0.5, 0.6) is 0 Å². The van der Waals surface area contributed by atoms with Crippen LogP contribution in [0.3, 0.4) is 0 Å². The lowest BCUT2D eigenvalue weighted by Gasteiger charge is -2.15. The molecule has 0 spiro atoms. The van der Waals surface area contributed by atoms with Crippen LogP contribution in [0.15, 0.2) is 0 Å². The minimum Gasteiger partial charge on any atom is -0.308 e. The second kappa shape index (κ2) is 6.71. The molecule has 0 bridgehead atoms. The van der Waals surface area contributed by atoms with Crippen molar-refractivity contribution in [1.82, 2.24) is 0 Å². The first-order chi connectivity index (χ1) is 6.08. The molecule has 0 aromatic carbocycles. The predicted octanol–water partition coefficient (Wildman–Crippen LogP) is 1.98. The molecule has 0 saturated carbocycles. The largest absolute Gasteiger partial charge is 0.343 e. The van der Waals surface area contributed by atoms with Crippen molar-refractivity contribution in [2.75, 3.05) is 24.5 Å². The molecule has 1 unspecified atom stereocenters. The molecule has 1 atom stereocenters. The van der Waals surface area contributed by atoms with E-state index in [-0.39, 0.29) is 5.49 Å². The average Bonchev–Trinajstić information content (AvgIpc) is 2.04. The highest BCUT2D eigenvalue weighted by molar-refractivity contribution is 7.92. The van der Waals surface area contributed by atoms with Crippen molar-refractivity contribution in [2.45, 2.75) is 20.8 Å². The van der Waals surface area contributed by atoms with Crippen LogP contribution in [0.1, 0.15) is 20.8 Å². The Morgan fingerprint density at radius 1 is 1.15 bits per heavy atom. The Morgan fingerprint density at radius 3 is 1.92 bits per heavy atom. The summed E-state index contributed by atoms with van der Waals surface area (Å²) in [6, 6.07) is 0. The van der Waals surface area contributed by atoms with Gasteiger partial charge in [-0.2, -0.15) is 0 Å². The minimum atomic E-state index is -3.09. The van der Waals surface area contributed by atoms with E-state index < -0.39 is 18.4 Å². The molecule has 6 heteroatoms. The third-order valence-electron chi connectivity index (χ3n) is 1.28. The van der Waals surface area contributed by atoms with Crippen molar-refractivity contribution in [1.29, 1.82) is 0 Å². The summed E-state index contributed by atoms with van der Waals surface area (Å²) in [4.78, 5) is 0. The standard InChI is InChI=1S/C7H17O4PS/c1-4-10-12(8,11-5-2)7-13(9)6-3/h4-7H2,1-3H3. The van der Waals surface area contributed by atoms with Crippen molar-refractivity contribution in [3.8, 4) is 0 Å². The Bertz CT molecular complexity index is 197. The maximum absolute atomic E-state index is 11.7. The Kier molecular flexibility index (Phi) is 6.86. The molecule has 0 aliphatic heterocycles. The average molecular weight is 228 g/mol. The zero-order chi connectivity index (χ0) is 10.3. The van der Waals surface area contributed by atoms with Crippen LogP contribution >= 0.6 is 7.60 Å². The van der Waals surface area contributed by atoms with Crippen molar-refractivity contribution >= 4 is 18.4 Å². The molecule has 0 saturated heterocycles. The lowest BCUT2D eigenvalue weighted by molar-refractivity contribution is 0.224. The van der Waals surface area contributed by atoms with Crippen LogP contribution in [-0.4, -0.2) is 28.7 Å². The van der Waals surface area contributed by atoms with Crippen molar-refractivity contribution < 1.29 is 17.8 Å². The third kappa shape index (κ3) is 5.57. The van der Waals surface area contributed by atoms with Gasteiger partial charge in [0.05, 0.1) is 13.2 Å². The molecule has 4 nitrogen and oxygen atoms in total. The first kappa shape index (κ1) is 13.3. The first-order valence-electron chi connectivity index (χ1n) is 4.31. The van der Waals surface area contributed by atoms with E-state index in [9.17, 15) is 8.77 Å². The zero-order valence-electron chi connectivity index (χ0n) is 8.32.